The standard InChI is InChI=1S/C25H33N3O4S/c1-17-11-12-19(3)23(16-17)33(31,32)28-15-6-5-9-21(28)13-14-26-24(29)25(30)27-22-10-7-8-18(2)20(22)4/h7-8,10-12,16,21H,5-6,9,13-15H2,1-4H3,(H,26,29)(H,27,30). The Labute approximate surface area is 196 Å². The van der Waals surface area contributed by atoms with Gasteiger partial charge in [0, 0.05) is 24.8 Å². The number of carbonyl (C=O) groups excluding carboxylic acids is 2. The van der Waals surface area contributed by atoms with Gasteiger partial charge in [0.05, 0.1) is 4.90 Å². The molecule has 33 heavy (non-hydrogen) atoms. The molecule has 1 aliphatic rings. The first-order valence-electron chi connectivity index (χ1n) is 11.4. The molecule has 1 unspecified atom stereocenters. The Morgan fingerprint density at radius 3 is 2.52 bits per heavy atom. The summed E-state index contributed by atoms with van der Waals surface area (Å²) in [7, 11) is -3.64. The van der Waals surface area contributed by atoms with Gasteiger partial charge in [0.25, 0.3) is 0 Å². The van der Waals surface area contributed by atoms with Crippen molar-refractivity contribution in [3.05, 3.63) is 58.7 Å². The van der Waals surface area contributed by atoms with E-state index < -0.39 is 21.8 Å². The van der Waals surface area contributed by atoms with E-state index in [1.807, 2.05) is 45.0 Å². The van der Waals surface area contributed by atoms with E-state index in [4.69, 9.17) is 0 Å². The van der Waals surface area contributed by atoms with Gasteiger partial charge in [-0.3, -0.25) is 9.59 Å². The van der Waals surface area contributed by atoms with Crippen LogP contribution in [0, 0.1) is 27.7 Å². The Balaban J connectivity index is 1.62. The van der Waals surface area contributed by atoms with Crippen LogP contribution in [0.25, 0.3) is 0 Å². The molecule has 2 aromatic rings. The molecule has 178 valence electrons. The average Bonchev–Trinajstić information content (AvgIpc) is 2.78. The largest absolute Gasteiger partial charge is 0.348 e. The number of hydrogen-bond donors (Lipinski definition) is 2. The Hall–Kier alpha value is -2.71. The Bertz CT molecular complexity index is 1140. The lowest BCUT2D eigenvalue weighted by Crippen LogP contribution is -2.46. The number of nitrogens with zero attached hydrogens (tertiary/aromatic N) is 1. The Kier molecular flexibility index (Phi) is 7.92. The summed E-state index contributed by atoms with van der Waals surface area (Å²) in [6.45, 7) is 8.19. The van der Waals surface area contributed by atoms with Crippen molar-refractivity contribution in [3.63, 3.8) is 0 Å². The number of aryl methyl sites for hydroxylation is 3. The smallest absolute Gasteiger partial charge is 0.313 e. The highest BCUT2D eigenvalue weighted by atomic mass is 32.2. The van der Waals surface area contributed by atoms with E-state index in [-0.39, 0.29) is 12.6 Å². The summed E-state index contributed by atoms with van der Waals surface area (Å²) in [6.07, 6.45) is 2.93. The van der Waals surface area contributed by atoms with Crippen molar-refractivity contribution in [2.75, 3.05) is 18.4 Å². The van der Waals surface area contributed by atoms with Gasteiger partial charge in [0.1, 0.15) is 0 Å². The molecule has 7 nitrogen and oxygen atoms in total. The fourth-order valence-corrected chi connectivity index (χ4v) is 6.22. The number of sulfonamides is 1. The third kappa shape index (κ3) is 5.81. The van der Waals surface area contributed by atoms with Crippen LogP contribution in [0.4, 0.5) is 5.69 Å². The van der Waals surface area contributed by atoms with Gasteiger partial charge in [0.2, 0.25) is 10.0 Å². The Morgan fingerprint density at radius 2 is 1.76 bits per heavy atom. The zero-order chi connectivity index (χ0) is 24.2. The molecule has 8 heteroatoms. The first-order chi connectivity index (χ1) is 15.6. The van der Waals surface area contributed by atoms with E-state index in [1.54, 1.807) is 23.4 Å². The summed E-state index contributed by atoms with van der Waals surface area (Å²) in [5.41, 5.74) is 4.16. The van der Waals surface area contributed by atoms with Gasteiger partial charge in [-0.15, -0.1) is 0 Å². The molecule has 2 N–H and O–H groups in total. The van der Waals surface area contributed by atoms with Gasteiger partial charge in [-0.05, 0) is 81.3 Å². The number of piperidine rings is 1. The zero-order valence-electron chi connectivity index (χ0n) is 19.8. The van der Waals surface area contributed by atoms with Gasteiger partial charge >= 0.3 is 11.8 Å². The van der Waals surface area contributed by atoms with Crippen LogP contribution in [0.1, 0.15) is 47.9 Å². The minimum atomic E-state index is -3.64. The van der Waals surface area contributed by atoms with E-state index in [2.05, 4.69) is 10.6 Å². The molecule has 2 amide bonds. The Morgan fingerprint density at radius 1 is 1.00 bits per heavy atom. The first-order valence-corrected chi connectivity index (χ1v) is 12.8. The fourth-order valence-electron chi connectivity index (χ4n) is 4.19. The average molecular weight is 472 g/mol. The molecule has 0 spiro atoms. The van der Waals surface area contributed by atoms with Gasteiger partial charge in [0.15, 0.2) is 0 Å². The molecule has 0 radical (unpaired) electrons. The highest BCUT2D eigenvalue weighted by Crippen LogP contribution is 2.29. The number of nitrogens with one attached hydrogen (secondary N) is 2. The maximum Gasteiger partial charge on any atom is 0.313 e. The first kappa shape index (κ1) is 24.9. The highest BCUT2D eigenvalue weighted by Gasteiger charge is 2.34. The molecule has 1 aliphatic heterocycles. The topological polar surface area (TPSA) is 95.6 Å². The number of carbonyl (C=O) groups is 2. The van der Waals surface area contributed by atoms with E-state index in [0.717, 1.165) is 41.5 Å². The predicted octanol–water partition coefficient (Wildman–Crippen LogP) is 3.61. The van der Waals surface area contributed by atoms with Gasteiger partial charge in [-0.2, -0.15) is 4.31 Å². The molecule has 0 aromatic heterocycles. The van der Waals surface area contributed by atoms with E-state index in [9.17, 15) is 18.0 Å². The molecular weight excluding hydrogens is 438 g/mol. The van der Waals surface area contributed by atoms with Crippen LogP contribution in [-0.4, -0.2) is 43.7 Å². The van der Waals surface area contributed by atoms with Gasteiger partial charge in [-0.25, -0.2) is 8.42 Å². The normalized spacial score (nSPS) is 16.9. The molecular formula is C25H33N3O4S. The lowest BCUT2D eigenvalue weighted by molar-refractivity contribution is -0.136. The molecule has 0 aliphatic carbocycles. The number of rotatable bonds is 6. The highest BCUT2D eigenvalue weighted by molar-refractivity contribution is 7.89. The van der Waals surface area contributed by atoms with Crippen molar-refractivity contribution in [1.29, 1.82) is 0 Å². The minimum Gasteiger partial charge on any atom is -0.348 e. The van der Waals surface area contributed by atoms with Crippen molar-refractivity contribution in [1.82, 2.24) is 9.62 Å². The molecule has 1 atom stereocenters. The number of benzene rings is 2. The fraction of sp³-hybridized carbons (Fsp3) is 0.440. The van der Waals surface area contributed by atoms with Crippen LogP contribution < -0.4 is 10.6 Å². The van der Waals surface area contributed by atoms with Crippen molar-refractivity contribution >= 4 is 27.5 Å². The van der Waals surface area contributed by atoms with E-state index >= 15 is 0 Å². The van der Waals surface area contributed by atoms with Crippen LogP contribution in [0.2, 0.25) is 0 Å². The summed E-state index contributed by atoms with van der Waals surface area (Å²) < 4.78 is 28.4. The maximum absolute atomic E-state index is 13.4. The number of hydrogen-bond acceptors (Lipinski definition) is 4. The molecule has 3 rings (SSSR count). The molecule has 1 saturated heterocycles. The third-order valence-electron chi connectivity index (χ3n) is 6.33. The molecule has 2 aromatic carbocycles. The quantitative estimate of drug-likeness (QED) is 0.629. The minimum absolute atomic E-state index is 0.217. The summed E-state index contributed by atoms with van der Waals surface area (Å²) in [5, 5.41) is 5.29. The van der Waals surface area contributed by atoms with Crippen LogP contribution in [0.15, 0.2) is 41.3 Å². The lowest BCUT2D eigenvalue weighted by atomic mass is 10.0. The van der Waals surface area contributed by atoms with Crippen molar-refractivity contribution < 1.29 is 18.0 Å². The summed E-state index contributed by atoms with van der Waals surface area (Å²) in [5.74, 6) is -1.46. The molecule has 1 heterocycles. The summed E-state index contributed by atoms with van der Waals surface area (Å²) >= 11 is 0. The van der Waals surface area contributed by atoms with Crippen molar-refractivity contribution in [2.45, 2.75) is 64.3 Å². The second-order valence-corrected chi connectivity index (χ2v) is 10.6. The van der Waals surface area contributed by atoms with Crippen LogP contribution in [0.5, 0.6) is 0 Å². The molecule has 0 bridgehead atoms. The van der Waals surface area contributed by atoms with E-state index in [1.165, 1.54) is 0 Å². The molecule has 1 fully saturated rings. The summed E-state index contributed by atoms with van der Waals surface area (Å²) in [4.78, 5) is 25.0. The van der Waals surface area contributed by atoms with Crippen LogP contribution in [0.3, 0.4) is 0 Å². The zero-order valence-corrected chi connectivity index (χ0v) is 20.6. The van der Waals surface area contributed by atoms with Gasteiger partial charge < -0.3 is 10.6 Å². The summed E-state index contributed by atoms with van der Waals surface area (Å²) in [6, 6.07) is 10.8. The number of amides is 2. The second-order valence-electron chi connectivity index (χ2n) is 8.78. The van der Waals surface area contributed by atoms with Crippen LogP contribution >= 0.6 is 0 Å². The molecule has 0 saturated carbocycles. The van der Waals surface area contributed by atoms with E-state index in [0.29, 0.717) is 23.5 Å². The van der Waals surface area contributed by atoms with Crippen molar-refractivity contribution in [3.8, 4) is 0 Å². The second kappa shape index (κ2) is 10.5. The van der Waals surface area contributed by atoms with Crippen molar-refractivity contribution in [2.24, 2.45) is 0 Å². The SMILES string of the molecule is Cc1ccc(C)c(S(=O)(=O)N2CCCCC2CCNC(=O)C(=O)Nc2cccc(C)c2C)c1. The maximum atomic E-state index is 13.4. The van der Waals surface area contributed by atoms with Crippen LogP contribution in [-0.2, 0) is 19.6 Å². The predicted molar refractivity (Wildman–Crippen MR) is 130 cm³/mol. The number of anilines is 1. The monoisotopic (exact) mass is 471 g/mol. The van der Waals surface area contributed by atoms with Gasteiger partial charge in [-0.1, -0.05) is 30.7 Å². The third-order valence-corrected chi connectivity index (χ3v) is 8.42. The lowest BCUT2D eigenvalue weighted by Gasteiger charge is -2.35.